The molecule has 4 heteroatoms. The summed E-state index contributed by atoms with van der Waals surface area (Å²) in [6.45, 7) is 0. The normalized spacial score (nSPS) is 22.7. The van der Waals surface area contributed by atoms with Gasteiger partial charge in [-0.15, -0.1) is 0 Å². The van der Waals surface area contributed by atoms with Crippen LogP contribution in [0.4, 0.5) is 5.82 Å². The molecule has 0 saturated heterocycles. The van der Waals surface area contributed by atoms with Crippen molar-refractivity contribution in [3.63, 3.8) is 0 Å². The second-order valence-electron chi connectivity index (χ2n) is 4.77. The van der Waals surface area contributed by atoms with E-state index in [1.54, 1.807) is 7.11 Å². The second kappa shape index (κ2) is 4.46. The van der Waals surface area contributed by atoms with Crippen molar-refractivity contribution in [2.45, 2.75) is 25.0 Å². The number of nitrogens with one attached hydrogen (secondary N) is 2. The average Bonchev–Trinajstić information content (AvgIpc) is 2.33. The lowest BCUT2D eigenvalue weighted by molar-refractivity contribution is 0.0328. The molecular weight excluding hydrogens is 228 g/mol. The summed E-state index contributed by atoms with van der Waals surface area (Å²) in [6, 6.07) is 9.98. The highest BCUT2D eigenvalue weighted by Crippen LogP contribution is 2.26. The van der Waals surface area contributed by atoms with Crippen LogP contribution in [0.25, 0.3) is 10.8 Å². The van der Waals surface area contributed by atoms with Crippen LogP contribution in [0.3, 0.4) is 0 Å². The van der Waals surface area contributed by atoms with Crippen LogP contribution in [0.2, 0.25) is 0 Å². The number of H-pyrrole nitrogens is 1. The highest BCUT2D eigenvalue weighted by Gasteiger charge is 2.28. The van der Waals surface area contributed by atoms with Gasteiger partial charge in [-0.3, -0.25) is 4.79 Å². The minimum Gasteiger partial charge on any atom is -0.381 e. The Morgan fingerprint density at radius 1 is 1.33 bits per heavy atom. The van der Waals surface area contributed by atoms with Crippen molar-refractivity contribution < 1.29 is 4.74 Å². The Hall–Kier alpha value is -1.81. The summed E-state index contributed by atoms with van der Waals surface area (Å²) >= 11 is 0. The number of methoxy groups -OCH3 is 1. The summed E-state index contributed by atoms with van der Waals surface area (Å²) in [6.07, 6.45) is 2.34. The molecule has 1 aliphatic carbocycles. The molecule has 1 saturated carbocycles. The fourth-order valence-corrected chi connectivity index (χ4v) is 2.38. The average molecular weight is 244 g/mol. The number of hydrogen-bond donors (Lipinski definition) is 2. The van der Waals surface area contributed by atoms with Gasteiger partial charge in [0.1, 0.15) is 5.82 Å². The van der Waals surface area contributed by atoms with Crippen molar-refractivity contribution in [3.05, 3.63) is 40.7 Å². The van der Waals surface area contributed by atoms with Crippen LogP contribution in [-0.2, 0) is 4.74 Å². The number of benzene rings is 1. The maximum Gasteiger partial charge on any atom is 0.257 e. The maximum atomic E-state index is 11.9. The van der Waals surface area contributed by atoms with Gasteiger partial charge in [0.15, 0.2) is 0 Å². The van der Waals surface area contributed by atoms with Gasteiger partial charge in [-0.1, -0.05) is 18.2 Å². The number of hydrogen-bond acceptors (Lipinski definition) is 3. The lowest BCUT2D eigenvalue weighted by atomic mass is 9.89. The van der Waals surface area contributed by atoms with Crippen LogP contribution >= 0.6 is 0 Å². The third-order valence-corrected chi connectivity index (χ3v) is 3.54. The van der Waals surface area contributed by atoms with Crippen LogP contribution in [0.5, 0.6) is 0 Å². The predicted octanol–water partition coefficient (Wildman–Crippen LogP) is 2.12. The molecule has 18 heavy (non-hydrogen) atoms. The Kier molecular flexibility index (Phi) is 2.80. The van der Waals surface area contributed by atoms with E-state index in [4.69, 9.17) is 4.74 Å². The van der Waals surface area contributed by atoms with E-state index in [2.05, 4.69) is 10.3 Å². The quantitative estimate of drug-likeness (QED) is 0.869. The minimum atomic E-state index is -0.0433. The zero-order chi connectivity index (χ0) is 12.5. The van der Waals surface area contributed by atoms with E-state index < -0.39 is 0 Å². The lowest BCUT2D eigenvalue weighted by Crippen LogP contribution is -2.40. The summed E-state index contributed by atoms with van der Waals surface area (Å²) in [7, 11) is 1.73. The van der Waals surface area contributed by atoms with Gasteiger partial charge >= 0.3 is 0 Å². The molecule has 1 fully saturated rings. The molecule has 0 bridgehead atoms. The van der Waals surface area contributed by atoms with E-state index in [9.17, 15) is 4.79 Å². The van der Waals surface area contributed by atoms with Gasteiger partial charge in [-0.25, -0.2) is 0 Å². The minimum absolute atomic E-state index is 0.0433. The molecule has 3 rings (SSSR count). The summed E-state index contributed by atoms with van der Waals surface area (Å²) in [5, 5.41) is 5.03. The summed E-state index contributed by atoms with van der Waals surface area (Å²) in [5.74, 6) is 0.790. The van der Waals surface area contributed by atoms with Gasteiger partial charge in [-0.2, -0.15) is 0 Å². The van der Waals surface area contributed by atoms with E-state index >= 15 is 0 Å². The number of anilines is 1. The monoisotopic (exact) mass is 244 g/mol. The topological polar surface area (TPSA) is 54.1 Å². The standard InChI is InChI=1S/C14H16N2O2/c1-18-11-7-10(8-11)15-13-6-9-4-2-3-5-12(9)14(17)16-13/h2-6,10-11H,7-8H2,1H3,(H2,15,16,17). The molecular formula is C14H16N2O2. The first-order valence-corrected chi connectivity index (χ1v) is 6.17. The Labute approximate surface area is 105 Å². The van der Waals surface area contributed by atoms with Gasteiger partial charge in [0.2, 0.25) is 0 Å². The summed E-state index contributed by atoms with van der Waals surface area (Å²) < 4.78 is 5.24. The maximum absolute atomic E-state index is 11.9. The number of pyridine rings is 1. The molecule has 0 radical (unpaired) electrons. The molecule has 0 aliphatic heterocycles. The third-order valence-electron chi connectivity index (χ3n) is 3.54. The molecule has 1 aliphatic rings. The van der Waals surface area contributed by atoms with Gasteiger partial charge in [0.25, 0.3) is 5.56 Å². The molecule has 1 heterocycles. The molecule has 4 nitrogen and oxygen atoms in total. The molecule has 94 valence electrons. The Morgan fingerprint density at radius 2 is 2.11 bits per heavy atom. The smallest absolute Gasteiger partial charge is 0.257 e. The van der Waals surface area contributed by atoms with E-state index in [0.717, 1.165) is 29.4 Å². The zero-order valence-electron chi connectivity index (χ0n) is 10.3. The Bertz CT molecular complexity index is 614. The number of rotatable bonds is 3. The van der Waals surface area contributed by atoms with Crippen molar-refractivity contribution in [2.75, 3.05) is 12.4 Å². The first-order valence-electron chi connectivity index (χ1n) is 6.17. The highest BCUT2D eigenvalue weighted by atomic mass is 16.5. The fourth-order valence-electron chi connectivity index (χ4n) is 2.38. The van der Waals surface area contributed by atoms with Crippen LogP contribution in [0.15, 0.2) is 35.1 Å². The first-order chi connectivity index (χ1) is 8.76. The van der Waals surface area contributed by atoms with Gasteiger partial charge in [0, 0.05) is 18.5 Å². The number of aromatic nitrogens is 1. The van der Waals surface area contributed by atoms with Crippen LogP contribution in [0.1, 0.15) is 12.8 Å². The number of fused-ring (bicyclic) bond motifs is 1. The molecule has 0 spiro atoms. The molecule has 0 amide bonds. The van der Waals surface area contributed by atoms with E-state index in [1.807, 2.05) is 30.3 Å². The molecule has 1 aromatic carbocycles. The van der Waals surface area contributed by atoms with Crippen molar-refractivity contribution in [3.8, 4) is 0 Å². The van der Waals surface area contributed by atoms with Crippen molar-refractivity contribution in [1.82, 2.24) is 4.98 Å². The van der Waals surface area contributed by atoms with Gasteiger partial charge in [0.05, 0.1) is 6.10 Å². The Balaban J connectivity index is 1.83. The van der Waals surface area contributed by atoms with Crippen molar-refractivity contribution >= 4 is 16.6 Å². The van der Waals surface area contributed by atoms with Crippen LogP contribution in [0, 0.1) is 0 Å². The molecule has 1 aromatic heterocycles. The predicted molar refractivity (Wildman–Crippen MR) is 72.0 cm³/mol. The second-order valence-corrected chi connectivity index (χ2v) is 4.77. The number of ether oxygens (including phenoxy) is 1. The largest absolute Gasteiger partial charge is 0.381 e. The molecule has 2 N–H and O–H groups in total. The van der Waals surface area contributed by atoms with Gasteiger partial charge < -0.3 is 15.0 Å². The lowest BCUT2D eigenvalue weighted by Gasteiger charge is -2.35. The third kappa shape index (κ3) is 1.99. The van der Waals surface area contributed by atoms with Gasteiger partial charge in [-0.05, 0) is 30.4 Å². The van der Waals surface area contributed by atoms with E-state index in [-0.39, 0.29) is 5.56 Å². The summed E-state index contributed by atoms with van der Waals surface area (Å²) in [5.41, 5.74) is -0.0433. The van der Waals surface area contributed by atoms with Crippen molar-refractivity contribution in [2.24, 2.45) is 0 Å². The van der Waals surface area contributed by atoms with Crippen molar-refractivity contribution in [1.29, 1.82) is 0 Å². The number of aromatic amines is 1. The summed E-state index contributed by atoms with van der Waals surface area (Å²) in [4.78, 5) is 14.8. The molecule has 0 unspecified atom stereocenters. The molecule has 2 aromatic rings. The molecule has 0 atom stereocenters. The van der Waals surface area contributed by atoms with Crippen LogP contribution in [-0.4, -0.2) is 24.2 Å². The SMILES string of the molecule is COC1CC(Nc2cc3ccccc3c(=O)[nH]2)C1. The Morgan fingerprint density at radius 3 is 2.89 bits per heavy atom. The zero-order valence-corrected chi connectivity index (χ0v) is 10.3. The van der Waals surface area contributed by atoms with Crippen LogP contribution < -0.4 is 10.9 Å². The fraction of sp³-hybridized carbons (Fsp3) is 0.357. The van der Waals surface area contributed by atoms with E-state index in [1.165, 1.54) is 0 Å². The first kappa shape index (κ1) is 11.3. The van der Waals surface area contributed by atoms with E-state index in [0.29, 0.717) is 12.1 Å². The highest BCUT2D eigenvalue weighted by molar-refractivity contribution is 5.83.